The number of aromatic nitrogens is 3. The monoisotopic (exact) mass is 320 g/mol. The van der Waals surface area contributed by atoms with Gasteiger partial charge in [0, 0.05) is 13.0 Å². The van der Waals surface area contributed by atoms with Crippen LogP contribution in [0.15, 0.2) is 29.1 Å². The van der Waals surface area contributed by atoms with Crippen molar-refractivity contribution in [2.75, 3.05) is 5.32 Å². The first-order valence-corrected chi connectivity index (χ1v) is 7.74. The number of anilines is 1. The van der Waals surface area contributed by atoms with Crippen molar-refractivity contribution in [1.29, 1.82) is 0 Å². The summed E-state index contributed by atoms with van der Waals surface area (Å²) in [6.45, 7) is 0.574. The number of carbonyl (C=O) groups is 1. The number of nitrogens with zero attached hydrogens (tertiary/aromatic N) is 3. The minimum atomic E-state index is -0.316. The first kappa shape index (κ1) is 14.8. The third-order valence-electron chi connectivity index (χ3n) is 3.72. The lowest BCUT2D eigenvalue weighted by Crippen LogP contribution is -2.30. The van der Waals surface area contributed by atoms with Crippen molar-refractivity contribution >= 4 is 23.2 Å². The van der Waals surface area contributed by atoms with Crippen molar-refractivity contribution in [2.45, 2.75) is 38.8 Å². The number of rotatable bonds is 3. The predicted molar refractivity (Wildman–Crippen MR) is 84.1 cm³/mol. The first-order valence-electron chi connectivity index (χ1n) is 7.36. The number of fused-ring (bicyclic) bond motifs is 1. The Hall–Kier alpha value is -2.08. The number of amides is 1. The molecule has 0 saturated carbocycles. The molecule has 2 aromatic rings. The van der Waals surface area contributed by atoms with E-state index in [4.69, 9.17) is 11.6 Å². The fourth-order valence-corrected chi connectivity index (χ4v) is 2.80. The number of benzene rings is 1. The summed E-state index contributed by atoms with van der Waals surface area (Å²) < 4.78 is 2.91. The molecule has 0 aliphatic carbocycles. The van der Waals surface area contributed by atoms with Gasteiger partial charge in [0.05, 0.1) is 10.7 Å². The van der Waals surface area contributed by atoms with E-state index in [1.54, 1.807) is 28.8 Å². The number of para-hydroxylation sites is 1. The molecule has 0 bridgehead atoms. The van der Waals surface area contributed by atoms with E-state index in [9.17, 15) is 9.59 Å². The fourth-order valence-electron chi connectivity index (χ4n) is 2.62. The van der Waals surface area contributed by atoms with Crippen molar-refractivity contribution < 1.29 is 4.79 Å². The van der Waals surface area contributed by atoms with Gasteiger partial charge in [-0.05, 0) is 25.0 Å². The van der Waals surface area contributed by atoms with Crippen LogP contribution in [0, 0.1) is 0 Å². The zero-order chi connectivity index (χ0) is 15.5. The lowest BCUT2D eigenvalue weighted by Gasteiger charge is -2.06. The molecule has 0 unspecified atom stereocenters. The van der Waals surface area contributed by atoms with Crippen LogP contribution in [0.3, 0.4) is 0 Å². The zero-order valence-corrected chi connectivity index (χ0v) is 12.8. The van der Waals surface area contributed by atoms with Crippen molar-refractivity contribution in [3.05, 3.63) is 45.6 Å². The van der Waals surface area contributed by atoms with Crippen molar-refractivity contribution in [2.24, 2.45) is 0 Å². The van der Waals surface area contributed by atoms with E-state index < -0.39 is 0 Å². The number of halogens is 1. The molecule has 7 heteroatoms. The predicted octanol–water partition coefficient (Wildman–Crippen LogP) is 2.06. The van der Waals surface area contributed by atoms with Gasteiger partial charge in [0.15, 0.2) is 0 Å². The van der Waals surface area contributed by atoms with Gasteiger partial charge in [0.2, 0.25) is 5.91 Å². The highest BCUT2D eigenvalue weighted by molar-refractivity contribution is 6.33. The number of aryl methyl sites for hydroxylation is 1. The molecule has 1 aliphatic heterocycles. The Balaban J connectivity index is 1.75. The highest BCUT2D eigenvalue weighted by Gasteiger charge is 2.17. The van der Waals surface area contributed by atoms with Gasteiger partial charge in [-0.1, -0.05) is 30.2 Å². The van der Waals surface area contributed by atoms with Crippen LogP contribution in [-0.2, 0) is 24.3 Å². The second kappa shape index (κ2) is 6.36. The summed E-state index contributed by atoms with van der Waals surface area (Å²) in [5, 5.41) is 7.45. The number of hydrogen-bond acceptors (Lipinski definition) is 3. The Labute approximate surface area is 132 Å². The second-order valence-corrected chi connectivity index (χ2v) is 5.75. The average molecular weight is 321 g/mol. The molecular weight excluding hydrogens is 304 g/mol. The molecule has 0 atom stereocenters. The Kier molecular flexibility index (Phi) is 4.29. The maximum atomic E-state index is 12.3. The minimum Gasteiger partial charge on any atom is -0.323 e. The summed E-state index contributed by atoms with van der Waals surface area (Å²) >= 11 is 6.00. The number of nitrogens with one attached hydrogen (secondary N) is 1. The van der Waals surface area contributed by atoms with Crippen LogP contribution in [0.2, 0.25) is 5.02 Å². The second-order valence-electron chi connectivity index (χ2n) is 5.35. The molecule has 0 radical (unpaired) electrons. The Morgan fingerprint density at radius 1 is 1.27 bits per heavy atom. The van der Waals surface area contributed by atoms with Crippen LogP contribution in [0.4, 0.5) is 5.69 Å². The van der Waals surface area contributed by atoms with E-state index in [0.29, 0.717) is 17.3 Å². The van der Waals surface area contributed by atoms with E-state index in [1.807, 2.05) is 0 Å². The van der Waals surface area contributed by atoms with Gasteiger partial charge in [0.25, 0.3) is 0 Å². The van der Waals surface area contributed by atoms with Gasteiger partial charge in [0.1, 0.15) is 12.4 Å². The van der Waals surface area contributed by atoms with Crippen LogP contribution in [-0.4, -0.2) is 20.3 Å². The summed E-state index contributed by atoms with van der Waals surface area (Å²) in [6.07, 6.45) is 3.90. The molecule has 0 saturated heterocycles. The molecular formula is C15H17ClN4O2. The minimum absolute atomic E-state index is 0.107. The van der Waals surface area contributed by atoms with Gasteiger partial charge in [-0.2, -0.15) is 5.10 Å². The zero-order valence-electron chi connectivity index (χ0n) is 12.1. The maximum absolute atomic E-state index is 12.3. The summed E-state index contributed by atoms with van der Waals surface area (Å²) in [4.78, 5) is 24.4. The smallest absolute Gasteiger partial charge is 0.323 e. The van der Waals surface area contributed by atoms with Crippen LogP contribution in [0.25, 0.3) is 0 Å². The Morgan fingerprint density at radius 3 is 2.91 bits per heavy atom. The molecule has 3 rings (SSSR count). The standard InChI is InChI=1S/C15H17ClN4O2/c16-11-6-3-4-7-12(11)17-14(21)10-20-15(22)19-9-5-1-2-8-13(19)18-20/h3-4,6-7H,1-2,5,8-10H2,(H,17,21). The molecule has 22 heavy (non-hydrogen) atoms. The van der Waals surface area contributed by atoms with E-state index in [2.05, 4.69) is 10.4 Å². The highest BCUT2D eigenvalue weighted by Crippen LogP contribution is 2.20. The summed E-state index contributed by atoms with van der Waals surface area (Å²) in [6, 6.07) is 6.98. The van der Waals surface area contributed by atoms with Crippen molar-refractivity contribution in [1.82, 2.24) is 14.3 Å². The lowest BCUT2D eigenvalue weighted by molar-refractivity contribution is -0.117. The van der Waals surface area contributed by atoms with E-state index in [-0.39, 0.29) is 18.1 Å². The van der Waals surface area contributed by atoms with Gasteiger partial charge in [-0.25, -0.2) is 9.48 Å². The molecule has 0 spiro atoms. The first-order chi connectivity index (χ1) is 10.6. The van der Waals surface area contributed by atoms with Crippen molar-refractivity contribution in [3.63, 3.8) is 0 Å². The molecule has 1 aliphatic rings. The Morgan fingerprint density at radius 2 is 2.09 bits per heavy atom. The number of hydrogen-bond donors (Lipinski definition) is 1. The molecule has 1 N–H and O–H groups in total. The lowest BCUT2D eigenvalue weighted by atomic mass is 10.2. The average Bonchev–Trinajstić information content (AvgIpc) is 2.67. The van der Waals surface area contributed by atoms with Gasteiger partial charge in [-0.3, -0.25) is 9.36 Å². The molecule has 1 amide bonds. The normalized spacial score (nSPS) is 14.2. The van der Waals surface area contributed by atoms with Gasteiger partial charge in [-0.15, -0.1) is 0 Å². The SMILES string of the molecule is O=C(Cn1nc2n(c1=O)CCCCC2)Nc1ccccc1Cl. The summed E-state index contributed by atoms with van der Waals surface area (Å²) in [5.74, 6) is 0.455. The van der Waals surface area contributed by atoms with E-state index >= 15 is 0 Å². The molecule has 0 fully saturated rings. The number of carbonyl (C=O) groups excluding carboxylic acids is 1. The quantitative estimate of drug-likeness (QED) is 0.941. The fraction of sp³-hybridized carbons (Fsp3) is 0.400. The molecule has 116 valence electrons. The summed E-state index contributed by atoms with van der Waals surface area (Å²) in [7, 11) is 0. The third kappa shape index (κ3) is 3.06. The van der Waals surface area contributed by atoms with Crippen LogP contribution < -0.4 is 11.0 Å². The third-order valence-corrected chi connectivity index (χ3v) is 4.05. The molecule has 1 aromatic heterocycles. The van der Waals surface area contributed by atoms with Crippen molar-refractivity contribution in [3.8, 4) is 0 Å². The van der Waals surface area contributed by atoms with Gasteiger partial charge >= 0.3 is 5.69 Å². The maximum Gasteiger partial charge on any atom is 0.346 e. The van der Waals surface area contributed by atoms with Crippen LogP contribution in [0.1, 0.15) is 25.1 Å². The topological polar surface area (TPSA) is 68.9 Å². The highest BCUT2D eigenvalue weighted by atomic mass is 35.5. The molecule has 2 heterocycles. The molecule has 6 nitrogen and oxygen atoms in total. The van der Waals surface area contributed by atoms with Crippen LogP contribution >= 0.6 is 11.6 Å². The van der Waals surface area contributed by atoms with E-state index in [0.717, 1.165) is 31.5 Å². The largest absolute Gasteiger partial charge is 0.346 e. The van der Waals surface area contributed by atoms with Crippen LogP contribution in [0.5, 0.6) is 0 Å². The van der Waals surface area contributed by atoms with Gasteiger partial charge < -0.3 is 5.32 Å². The summed E-state index contributed by atoms with van der Waals surface area (Å²) in [5.41, 5.74) is 0.314. The van der Waals surface area contributed by atoms with E-state index in [1.165, 1.54) is 4.68 Å². The molecule has 1 aromatic carbocycles. The Bertz CT molecular complexity index is 750.